The van der Waals surface area contributed by atoms with Gasteiger partial charge in [-0.05, 0) is 57.0 Å². The van der Waals surface area contributed by atoms with Gasteiger partial charge in [0.2, 0.25) is 5.91 Å². The number of piperazine rings is 1. The Bertz CT molecular complexity index is 946. The summed E-state index contributed by atoms with van der Waals surface area (Å²) in [6.45, 7) is 11.7. The van der Waals surface area contributed by atoms with Gasteiger partial charge in [0.15, 0.2) is 11.5 Å². The van der Waals surface area contributed by atoms with E-state index in [1.54, 1.807) is 18.2 Å². The lowest BCUT2D eigenvalue weighted by Gasteiger charge is -2.34. The van der Waals surface area contributed by atoms with E-state index in [1.807, 2.05) is 13.8 Å². The first-order chi connectivity index (χ1) is 17.6. The third-order valence-electron chi connectivity index (χ3n) is 6.15. The maximum atomic E-state index is 12.5. The van der Waals surface area contributed by atoms with Crippen molar-refractivity contribution in [1.29, 1.82) is 0 Å². The highest BCUT2D eigenvalue weighted by atomic mass is 16.5. The highest BCUT2D eigenvalue weighted by Gasteiger charge is 2.16. The highest BCUT2D eigenvalue weighted by Crippen LogP contribution is 2.28. The Morgan fingerprint density at radius 3 is 2.25 bits per heavy atom. The molecule has 3 rings (SSSR count). The molecule has 2 amide bonds. The molecule has 8 nitrogen and oxygen atoms in total. The molecular formula is C28H40N4O4. The van der Waals surface area contributed by atoms with Gasteiger partial charge >= 0.3 is 0 Å². The van der Waals surface area contributed by atoms with Crippen molar-refractivity contribution in [2.24, 2.45) is 0 Å². The molecule has 0 bridgehead atoms. The molecule has 1 heterocycles. The van der Waals surface area contributed by atoms with Gasteiger partial charge in [-0.2, -0.15) is 0 Å². The van der Waals surface area contributed by atoms with E-state index in [1.165, 1.54) is 5.56 Å². The molecule has 0 saturated carbocycles. The summed E-state index contributed by atoms with van der Waals surface area (Å²) in [6.07, 6.45) is 1.96. The summed E-state index contributed by atoms with van der Waals surface area (Å²) in [5.41, 5.74) is 1.80. The number of rotatable bonds is 14. The molecule has 1 fully saturated rings. The van der Waals surface area contributed by atoms with Crippen molar-refractivity contribution in [3.05, 3.63) is 59.7 Å². The maximum Gasteiger partial charge on any atom is 0.251 e. The van der Waals surface area contributed by atoms with Gasteiger partial charge in [-0.25, -0.2) is 0 Å². The fraction of sp³-hybridized carbons (Fsp3) is 0.500. The molecule has 8 heteroatoms. The normalized spacial score (nSPS) is 14.3. The Hall–Kier alpha value is -3.10. The molecule has 2 N–H and O–H groups in total. The second-order valence-corrected chi connectivity index (χ2v) is 8.87. The van der Waals surface area contributed by atoms with Crippen molar-refractivity contribution in [2.45, 2.75) is 33.2 Å². The summed E-state index contributed by atoms with van der Waals surface area (Å²) < 4.78 is 11.1. The van der Waals surface area contributed by atoms with Crippen LogP contribution in [0.2, 0.25) is 0 Å². The summed E-state index contributed by atoms with van der Waals surface area (Å²) in [6, 6.07) is 15.6. The van der Waals surface area contributed by atoms with Crippen LogP contribution in [0.5, 0.6) is 11.5 Å². The summed E-state index contributed by atoms with van der Waals surface area (Å²) in [7, 11) is 0. The molecule has 0 spiro atoms. The zero-order chi connectivity index (χ0) is 25.6. The topological polar surface area (TPSA) is 83.1 Å². The van der Waals surface area contributed by atoms with Gasteiger partial charge in [0.1, 0.15) is 0 Å². The molecule has 2 aromatic carbocycles. The van der Waals surface area contributed by atoms with Crippen LogP contribution in [0.15, 0.2) is 48.5 Å². The maximum absolute atomic E-state index is 12.5. The first-order valence-electron chi connectivity index (χ1n) is 13.0. The quantitative estimate of drug-likeness (QED) is 0.392. The second-order valence-electron chi connectivity index (χ2n) is 8.87. The van der Waals surface area contributed by atoms with Crippen LogP contribution in [0.25, 0.3) is 0 Å². The van der Waals surface area contributed by atoms with E-state index >= 15 is 0 Å². The lowest BCUT2D eigenvalue weighted by atomic mass is 10.2. The number of ether oxygens (including phenoxy) is 2. The minimum atomic E-state index is -0.319. The number of carbonyl (C=O) groups excluding carboxylic acids is 2. The lowest BCUT2D eigenvalue weighted by molar-refractivity contribution is -0.120. The van der Waals surface area contributed by atoms with E-state index in [-0.39, 0.29) is 18.4 Å². The smallest absolute Gasteiger partial charge is 0.251 e. The van der Waals surface area contributed by atoms with Gasteiger partial charge in [-0.15, -0.1) is 0 Å². The average molecular weight is 497 g/mol. The molecule has 0 aromatic heterocycles. The SMILES string of the molecule is CCOc1ccc(C(=O)NCC(=O)NCCCCN2CCN(Cc3ccccc3)CC2)cc1OCC. The first kappa shape index (κ1) is 27.5. The van der Waals surface area contributed by atoms with E-state index in [0.29, 0.717) is 36.8 Å². The van der Waals surface area contributed by atoms with Crippen molar-refractivity contribution in [3.63, 3.8) is 0 Å². The van der Waals surface area contributed by atoms with Gasteiger partial charge in [0.25, 0.3) is 5.91 Å². The predicted octanol–water partition coefficient (Wildman–Crippen LogP) is 2.93. The zero-order valence-corrected chi connectivity index (χ0v) is 21.6. The van der Waals surface area contributed by atoms with Crippen LogP contribution in [-0.4, -0.2) is 80.6 Å². The monoisotopic (exact) mass is 496 g/mol. The van der Waals surface area contributed by atoms with E-state index in [9.17, 15) is 9.59 Å². The summed E-state index contributed by atoms with van der Waals surface area (Å²) >= 11 is 0. The van der Waals surface area contributed by atoms with E-state index in [4.69, 9.17) is 9.47 Å². The van der Waals surface area contributed by atoms with Crippen molar-refractivity contribution < 1.29 is 19.1 Å². The molecular weight excluding hydrogens is 456 g/mol. The fourth-order valence-corrected chi connectivity index (χ4v) is 4.22. The van der Waals surface area contributed by atoms with Gasteiger partial charge < -0.3 is 25.0 Å². The number of carbonyl (C=O) groups is 2. The zero-order valence-electron chi connectivity index (χ0n) is 21.6. The molecule has 0 unspecified atom stereocenters. The number of hydrogen-bond donors (Lipinski definition) is 2. The highest BCUT2D eigenvalue weighted by molar-refractivity contribution is 5.97. The minimum absolute atomic E-state index is 0.0562. The second kappa shape index (κ2) is 15.1. The fourth-order valence-electron chi connectivity index (χ4n) is 4.22. The molecule has 196 valence electrons. The van der Waals surface area contributed by atoms with E-state index in [0.717, 1.165) is 52.1 Å². The van der Waals surface area contributed by atoms with Gasteiger partial charge in [0, 0.05) is 44.8 Å². The number of nitrogens with zero attached hydrogens (tertiary/aromatic N) is 2. The molecule has 0 atom stereocenters. The third-order valence-corrected chi connectivity index (χ3v) is 6.15. The van der Waals surface area contributed by atoms with Crippen molar-refractivity contribution in [2.75, 3.05) is 59.0 Å². The number of benzene rings is 2. The summed E-state index contributed by atoms with van der Waals surface area (Å²) in [5, 5.41) is 5.57. The number of nitrogens with one attached hydrogen (secondary N) is 2. The number of unbranched alkanes of at least 4 members (excludes halogenated alkanes) is 1. The van der Waals surface area contributed by atoms with Crippen LogP contribution in [0.3, 0.4) is 0 Å². The third kappa shape index (κ3) is 9.17. The van der Waals surface area contributed by atoms with E-state index in [2.05, 4.69) is 50.8 Å². The van der Waals surface area contributed by atoms with Crippen LogP contribution < -0.4 is 20.1 Å². The molecule has 1 saturated heterocycles. The van der Waals surface area contributed by atoms with Gasteiger partial charge in [-0.3, -0.25) is 14.5 Å². The largest absolute Gasteiger partial charge is 0.490 e. The Morgan fingerprint density at radius 2 is 1.53 bits per heavy atom. The Morgan fingerprint density at radius 1 is 0.833 bits per heavy atom. The Balaban J connectivity index is 1.26. The molecule has 2 aromatic rings. The van der Waals surface area contributed by atoms with Crippen molar-refractivity contribution in [3.8, 4) is 11.5 Å². The van der Waals surface area contributed by atoms with Crippen molar-refractivity contribution >= 4 is 11.8 Å². The standard InChI is InChI=1S/C28H40N4O4/c1-3-35-25-13-12-24(20-26(25)36-4-2)28(34)30-21-27(33)29-14-8-9-15-31-16-18-32(19-17-31)22-23-10-6-5-7-11-23/h5-7,10-13,20H,3-4,8-9,14-19,21-22H2,1-2H3,(H,29,33)(H,30,34). The first-order valence-corrected chi connectivity index (χ1v) is 13.0. The number of hydrogen-bond acceptors (Lipinski definition) is 6. The van der Waals surface area contributed by atoms with Crippen LogP contribution in [-0.2, 0) is 11.3 Å². The minimum Gasteiger partial charge on any atom is -0.490 e. The van der Waals surface area contributed by atoms with E-state index < -0.39 is 0 Å². The van der Waals surface area contributed by atoms with Crippen LogP contribution in [0, 0.1) is 0 Å². The van der Waals surface area contributed by atoms with Crippen LogP contribution >= 0.6 is 0 Å². The summed E-state index contributed by atoms with van der Waals surface area (Å²) in [4.78, 5) is 29.6. The lowest BCUT2D eigenvalue weighted by Crippen LogP contribution is -2.46. The van der Waals surface area contributed by atoms with Gasteiger partial charge in [-0.1, -0.05) is 30.3 Å². The predicted molar refractivity (Wildman–Crippen MR) is 142 cm³/mol. The van der Waals surface area contributed by atoms with Gasteiger partial charge in [0.05, 0.1) is 19.8 Å². The number of amides is 2. The Labute approximate surface area is 214 Å². The molecule has 0 aliphatic carbocycles. The molecule has 1 aliphatic heterocycles. The molecule has 0 radical (unpaired) electrons. The van der Waals surface area contributed by atoms with Crippen LogP contribution in [0.1, 0.15) is 42.6 Å². The Kier molecular flexibility index (Phi) is 11.5. The molecule has 1 aliphatic rings. The van der Waals surface area contributed by atoms with Crippen molar-refractivity contribution in [1.82, 2.24) is 20.4 Å². The average Bonchev–Trinajstić information content (AvgIpc) is 2.90. The summed E-state index contributed by atoms with van der Waals surface area (Å²) in [5.74, 6) is 0.617. The van der Waals surface area contributed by atoms with Crippen LogP contribution in [0.4, 0.5) is 0 Å². The molecule has 36 heavy (non-hydrogen) atoms.